The minimum atomic E-state index is 0.564. The van der Waals surface area contributed by atoms with Gasteiger partial charge in [0, 0.05) is 11.4 Å². The number of hydrogen-bond acceptors (Lipinski definition) is 3. The molecule has 0 fully saturated rings. The summed E-state index contributed by atoms with van der Waals surface area (Å²) in [6.07, 6.45) is 0.779. The molecule has 0 bridgehead atoms. The molecule has 4 heteroatoms. The van der Waals surface area contributed by atoms with Crippen LogP contribution in [-0.2, 0) is 0 Å². The van der Waals surface area contributed by atoms with Crippen molar-refractivity contribution in [2.75, 3.05) is 18.9 Å². The topological polar surface area (TPSA) is 44.5 Å². The third-order valence-corrected chi connectivity index (χ3v) is 2.77. The van der Waals surface area contributed by atoms with Crippen molar-refractivity contribution >= 4 is 17.3 Å². The summed E-state index contributed by atoms with van der Waals surface area (Å²) in [5.74, 6) is 1.48. The van der Waals surface area contributed by atoms with Crippen LogP contribution >= 0.6 is 11.6 Å². The van der Waals surface area contributed by atoms with E-state index in [-0.39, 0.29) is 0 Å². The van der Waals surface area contributed by atoms with Crippen molar-refractivity contribution in [3.63, 3.8) is 0 Å². The lowest BCUT2D eigenvalue weighted by atomic mass is 10.3. The molecule has 0 saturated heterocycles. The second kappa shape index (κ2) is 6.90. The molecule has 0 spiro atoms. The van der Waals surface area contributed by atoms with Gasteiger partial charge >= 0.3 is 0 Å². The van der Waals surface area contributed by atoms with Crippen molar-refractivity contribution in [2.24, 2.45) is 0 Å². The molecule has 2 aromatic rings. The van der Waals surface area contributed by atoms with E-state index in [2.05, 4.69) is 0 Å². The number of ether oxygens (including phenoxy) is 2. The smallest absolute Gasteiger partial charge is 0.142 e. The Morgan fingerprint density at radius 2 is 1.74 bits per heavy atom. The first-order chi connectivity index (χ1) is 9.25. The van der Waals surface area contributed by atoms with Gasteiger partial charge in [-0.25, -0.2) is 0 Å². The zero-order chi connectivity index (χ0) is 13.5. The number of rotatable bonds is 6. The predicted molar refractivity (Wildman–Crippen MR) is 77.9 cm³/mol. The first-order valence-electron chi connectivity index (χ1n) is 6.11. The average Bonchev–Trinajstić information content (AvgIpc) is 2.40. The van der Waals surface area contributed by atoms with Crippen LogP contribution < -0.4 is 15.2 Å². The molecule has 2 rings (SSSR count). The van der Waals surface area contributed by atoms with E-state index in [0.717, 1.165) is 12.2 Å². The third kappa shape index (κ3) is 4.38. The Balaban J connectivity index is 1.69. The van der Waals surface area contributed by atoms with Crippen LogP contribution in [0.15, 0.2) is 48.5 Å². The van der Waals surface area contributed by atoms with Crippen molar-refractivity contribution in [1.29, 1.82) is 0 Å². The number of benzene rings is 2. The SMILES string of the molecule is Nc1ccccc1OCCCOc1cccc(Cl)c1. The van der Waals surface area contributed by atoms with Crippen LogP contribution in [0.1, 0.15) is 6.42 Å². The number of anilines is 1. The number of nitrogens with two attached hydrogens (primary N) is 1. The van der Waals surface area contributed by atoms with E-state index in [1.165, 1.54) is 0 Å². The van der Waals surface area contributed by atoms with Crippen molar-refractivity contribution in [2.45, 2.75) is 6.42 Å². The fourth-order valence-corrected chi connectivity index (χ4v) is 1.78. The summed E-state index contributed by atoms with van der Waals surface area (Å²) >= 11 is 5.86. The highest BCUT2D eigenvalue weighted by Gasteiger charge is 1.99. The van der Waals surface area contributed by atoms with Crippen molar-refractivity contribution < 1.29 is 9.47 Å². The van der Waals surface area contributed by atoms with Crippen molar-refractivity contribution in [3.8, 4) is 11.5 Å². The number of halogens is 1. The van der Waals surface area contributed by atoms with E-state index in [1.807, 2.05) is 42.5 Å². The monoisotopic (exact) mass is 277 g/mol. The number of para-hydroxylation sites is 2. The fourth-order valence-electron chi connectivity index (χ4n) is 1.60. The largest absolute Gasteiger partial charge is 0.493 e. The molecule has 0 saturated carbocycles. The van der Waals surface area contributed by atoms with Crippen molar-refractivity contribution in [3.05, 3.63) is 53.6 Å². The van der Waals surface area contributed by atoms with Crippen molar-refractivity contribution in [1.82, 2.24) is 0 Å². The average molecular weight is 278 g/mol. The number of hydrogen-bond donors (Lipinski definition) is 1. The molecule has 0 aliphatic heterocycles. The van der Waals surface area contributed by atoms with Gasteiger partial charge in [-0.1, -0.05) is 29.8 Å². The molecule has 0 aliphatic carbocycles. The Bertz CT molecular complexity index is 531. The van der Waals surface area contributed by atoms with Gasteiger partial charge in [-0.3, -0.25) is 0 Å². The normalized spacial score (nSPS) is 10.2. The van der Waals surface area contributed by atoms with Crippen LogP contribution in [0.2, 0.25) is 5.02 Å². The summed E-state index contributed by atoms with van der Waals surface area (Å²) < 4.78 is 11.1. The van der Waals surface area contributed by atoms with Gasteiger partial charge in [0.1, 0.15) is 11.5 Å². The molecule has 0 unspecified atom stereocenters. The Morgan fingerprint density at radius 1 is 0.947 bits per heavy atom. The second-order valence-corrected chi connectivity index (χ2v) is 4.48. The summed E-state index contributed by atoms with van der Waals surface area (Å²) in [5, 5.41) is 0.672. The molecule has 100 valence electrons. The molecular formula is C15H16ClNO2. The molecule has 2 aromatic carbocycles. The maximum atomic E-state index is 5.86. The van der Waals surface area contributed by atoms with Crippen LogP contribution in [-0.4, -0.2) is 13.2 Å². The van der Waals surface area contributed by atoms with Gasteiger partial charge in [0.2, 0.25) is 0 Å². The molecule has 2 N–H and O–H groups in total. The Hall–Kier alpha value is -1.87. The van der Waals surface area contributed by atoms with Crippen LogP contribution in [0.25, 0.3) is 0 Å². The van der Waals surface area contributed by atoms with Crippen LogP contribution in [0, 0.1) is 0 Å². The van der Waals surface area contributed by atoms with Gasteiger partial charge < -0.3 is 15.2 Å². The molecule has 0 aliphatic rings. The van der Waals surface area contributed by atoms with Gasteiger partial charge in [-0.2, -0.15) is 0 Å². The molecule has 3 nitrogen and oxygen atoms in total. The third-order valence-electron chi connectivity index (χ3n) is 2.53. The minimum absolute atomic E-state index is 0.564. The van der Waals surface area contributed by atoms with Gasteiger partial charge in [-0.05, 0) is 30.3 Å². The summed E-state index contributed by atoms with van der Waals surface area (Å²) in [5.41, 5.74) is 6.42. The van der Waals surface area contributed by atoms with E-state index in [4.69, 9.17) is 26.8 Å². The van der Waals surface area contributed by atoms with E-state index in [9.17, 15) is 0 Å². The summed E-state index contributed by atoms with van der Waals surface area (Å²) in [6, 6.07) is 14.8. The lowest BCUT2D eigenvalue weighted by Gasteiger charge is -2.09. The van der Waals surface area contributed by atoms with Crippen LogP contribution in [0.5, 0.6) is 11.5 Å². The zero-order valence-electron chi connectivity index (χ0n) is 10.5. The minimum Gasteiger partial charge on any atom is -0.493 e. The van der Waals surface area contributed by atoms with Crippen LogP contribution in [0.3, 0.4) is 0 Å². The molecular weight excluding hydrogens is 262 g/mol. The Morgan fingerprint density at radius 3 is 2.53 bits per heavy atom. The van der Waals surface area contributed by atoms with Crippen LogP contribution in [0.4, 0.5) is 5.69 Å². The van der Waals surface area contributed by atoms with E-state index >= 15 is 0 Å². The first kappa shape index (κ1) is 13.6. The zero-order valence-corrected chi connectivity index (χ0v) is 11.3. The summed E-state index contributed by atoms with van der Waals surface area (Å²) in [7, 11) is 0. The Labute approximate surface area is 117 Å². The first-order valence-corrected chi connectivity index (χ1v) is 6.49. The maximum Gasteiger partial charge on any atom is 0.142 e. The van der Waals surface area contributed by atoms with Gasteiger partial charge in [0.25, 0.3) is 0 Å². The highest BCUT2D eigenvalue weighted by molar-refractivity contribution is 6.30. The molecule has 19 heavy (non-hydrogen) atoms. The Kier molecular flexibility index (Phi) is 4.93. The summed E-state index contributed by atoms with van der Waals surface area (Å²) in [6.45, 7) is 1.14. The van der Waals surface area contributed by atoms with E-state index in [0.29, 0.717) is 29.7 Å². The quantitative estimate of drug-likeness (QED) is 0.646. The number of nitrogen functional groups attached to an aromatic ring is 1. The van der Waals surface area contributed by atoms with E-state index < -0.39 is 0 Å². The molecule has 0 amide bonds. The van der Waals surface area contributed by atoms with Gasteiger partial charge in [-0.15, -0.1) is 0 Å². The second-order valence-electron chi connectivity index (χ2n) is 4.05. The molecule has 0 radical (unpaired) electrons. The molecule has 0 atom stereocenters. The summed E-state index contributed by atoms with van der Waals surface area (Å²) in [4.78, 5) is 0. The maximum absolute atomic E-state index is 5.86. The molecule has 0 heterocycles. The fraction of sp³-hybridized carbons (Fsp3) is 0.200. The lowest BCUT2D eigenvalue weighted by Crippen LogP contribution is -2.06. The highest BCUT2D eigenvalue weighted by Crippen LogP contribution is 2.20. The van der Waals surface area contributed by atoms with Gasteiger partial charge in [0.15, 0.2) is 0 Å². The predicted octanol–water partition coefficient (Wildman–Crippen LogP) is 3.77. The van der Waals surface area contributed by atoms with Gasteiger partial charge in [0.05, 0.1) is 18.9 Å². The highest BCUT2D eigenvalue weighted by atomic mass is 35.5. The standard InChI is InChI=1S/C15H16ClNO2/c16-12-5-3-6-13(11-12)18-9-4-10-19-15-8-2-1-7-14(15)17/h1-3,5-8,11H,4,9-10,17H2. The lowest BCUT2D eigenvalue weighted by molar-refractivity contribution is 0.248. The van der Waals surface area contributed by atoms with E-state index in [1.54, 1.807) is 6.07 Å². The molecule has 0 aromatic heterocycles.